The van der Waals surface area contributed by atoms with E-state index in [2.05, 4.69) is 25.6 Å². The number of likely N-dealkylation sites (tertiary alicyclic amines) is 1. The minimum atomic E-state index is -0.279. The highest BCUT2D eigenvalue weighted by Crippen LogP contribution is 2.28. The summed E-state index contributed by atoms with van der Waals surface area (Å²) in [4.78, 5) is 27.0. The number of thiocarbonyl (C=S) groups is 1. The zero-order valence-corrected chi connectivity index (χ0v) is 19.8. The fourth-order valence-electron chi connectivity index (χ4n) is 3.45. The van der Waals surface area contributed by atoms with Crippen molar-refractivity contribution in [1.29, 1.82) is 0 Å². The Bertz CT molecular complexity index is 1020. The molecule has 32 heavy (non-hydrogen) atoms. The van der Waals surface area contributed by atoms with Gasteiger partial charge in [0, 0.05) is 35.4 Å². The molecule has 0 unspecified atom stereocenters. The maximum Gasteiger partial charge on any atom is 0.229 e. The number of nitrogens with one attached hydrogen (secondary N) is 2. The van der Waals surface area contributed by atoms with Crippen LogP contribution in [-0.4, -0.2) is 52.0 Å². The van der Waals surface area contributed by atoms with Crippen LogP contribution in [0.25, 0.3) is 0 Å². The molecule has 0 atom stereocenters. The number of hydrogen-bond acceptors (Lipinski definition) is 5. The predicted molar refractivity (Wildman–Crippen MR) is 130 cm³/mol. The molecule has 11 heteroatoms. The van der Waals surface area contributed by atoms with Crippen LogP contribution in [0.2, 0.25) is 5.02 Å². The molecule has 1 aromatic carbocycles. The van der Waals surface area contributed by atoms with Crippen LogP contribution < -0.4 is 21.1 Å². The molecule has 0 aliphatic carbocycles. The van der Waals surface area contributed by atoms with Gasteiger partial charge >= 0.3 is 0 Å². The molecule has 1 aliphatic rings. The zero-order chi connectivity index (χ0) is 23.3. The summed E-state index contributed by atoms with van der Waals surface area (Å²) in [6, 6.07) is 7.07. The standard InChI is InChI=1S/C21H26ClN7O2S/c1-12-10-13(2)25-19(24-12)27-20(29-8-6-14(7-9-29)18(23)30)28-21(32)26-16-11-15(22)4-5-17(16)31-3/h4-5,10-11,14H,6-9H2,1-3H3,(H2,23,30)(H2,24,25,26,27,28,32). The first-order valence-corrected chi connectivity index (χ1v) is 10.9. The van der Waals surface area contributed by atoms with Gasteiger partial charge in [0.2, 0.25) is 22.9 Å². The molecule has 0 saturated carbocycles. The van der Waals surface area contributed by atoms with E-state index in [9.17, 15) is 4.79 Å². The molecular formula is C21H26ClN7O2S. The van der Waals surface area contributed by atoms with Gasteiger partial charge in [-0.05, 0) is 63.2 Å². The predicted octanol–water partition coefficient (Wildman–Crippen LogP) is 3.12. The average Bonchev–Trinajstić information content (AvgIpc) is 2.73. The molecule has 0 spiro atoms. The summed E-state index contributed by atoms with van der Waals surface area (Å²) in [7, 11) is 1.56. The lowest BCUT2D eigenvalue weighted by molar-refractivity contribution is -0.122. The number of amides is 1. The van der Waals surface area contributed by atoms with Gasteiger partial charge in [-0.1, -0.05) is 11.6 Å². The van der Waals surface area contributed by atoms with Gasteiger partial charge in [0.1, 0.15) is 5.75 Å². The fourth-order valence-corrected chi connectivity index (χ4v) is 3.82. The number of rotatable bonds is 4. The first kappa shape index (κ1) is 23.7. The second-order valence-electron chi connectivity index (χ2n) is 7.47. The van der Waals surface area contributed by atoms with Gasteiger partial charge in [-0.15, -0.1) is 0 Å². The van der Waals surface area contributed by atoms with Crippen LogP contribution in [0.3, 0.4) is 0 Å². The van der Waals surface area contributed by atoms with Crippen molar-refractivity contribution in [1.82, 2.24) is 14.9 Å². The van der Waals surface area contributed by atoms with Crippen molar-refractivity contribution in [2.75, 3.05) is 30.8 Å². The van der Waals surface area contributed by atoms with Gasteiger partial charge < -0.3 is 20.7 Å². The van der Waals surface area contributed by atoms with E-state index >= 15 is 0 Å². The lowest BCUT2D eigenvalue weighted by Crippen LogP contribution is -2.45. The van der Waals surface area contributed by atoms with Crippen LogP contribution >= 0.6 is 23.8 Å². The highest BCUT2D eigenvalue weighted by atomic mass is 35.5. The van der Waals surface area contributed by atoms with Crippen LogP contribution in [0, 0.1) is 19.8 Å². The van der Waals surface area contributed by atoms with Crippen LogP contribution in [0.4, 0.5) is 11.6 Å². The Kier molecular flexibility index (Phi) is 7.81. The van der Waals surface area contributed by atoms with Crippen molar-refractivity contribution in [3.63, 3.8) is 0 Å². The van der Waals surface area contributed by atoms with Crippen molar-refractivity contribution in [3.8, 4) is 5.75 Å². The van der Waals surface area contributed by atoms with Gasteiger partial charge in [-0.2, -0.15) is 4.99 Å². The molecule has 0 radical (unpaired) electrons. The van der Waals surface area contributed by atoms with Gasteiger partial charge in [0.25, 0.3) is 0 Å². The molecule has 1 aliphatic heterocycles. The smallest absolute Gasteiger partial charge is 0.229 e. The molecule has 170 valence electrons. The number of halogens is 1. The minimum Gasteiger partial charge on any atom is -0.495 e. The minimum absolute atomic E-state index is 0.147. The Morgan fingerprint density at radius 1 is 1.22 bits per heavy atom. The number of aromatic nitrogens is 2. The van der Waals surface area contributed by atoms with Crippen molar-refractivity contribution in [2.45, 2.75) is 26.7 Å². The molecule has 2 aromatic rings. The largest absolute Gasteiger partial charge is 0.495 e. The van der Waals surface area contributed by atoms with E-state index < -0.39 is 0 Å². The van der Waals surface area contributed by atoms with E-state index in [0.29, 0.717) is 54.3 Å². The van der Waals surface area contributed by atoms with Crippen molar-refractivity contribution < 1.29 is 9.53 Å². The molecule has 3 rings (SSSR count). The number of carbonyl (C=O) groups is 1. The van der Waals surface area contributed by atoms with Crippen molar-refractivity contribution in [2.24, 2.45) is 16.6 Å². The van der Waals surface area contributed by atoms with Crippen LogP contribution in [0.5, 0.6) is 5.75 Å². The van der Waals surface area contributed by atoms with E-state index in [4.69, 9.17) is 34.3 Å². The summed E-state index contributed by atoms with van der Waals surface area (Å²) in [5, 5.41) is 6.98. The number of methoxy groups -OCH3 is 1. The highest BCUT2D eigenvalue weighted by molar-refractivity contribution is 7.80. The summed E-state index contributed by atoms with van der Waals surface area (Å²) in [6.07, 6.45) is 1.26. The second kappa shape index (κ2) is 10.6. The first-order chi connectivity index (χ1) is 15.2. The Labute approximate surface area is 197 Å². The third-order valence-corrected chi connectivity index (χ3v) is 5.44. The summed E-state index contributed by atoms with van der Waals surface area (Å²) in [6.45, 7) is 4.97. The van der Waals surface area contributed by atoms with Crippen LogP contribution in [0.1, 0.15) is 24.2 Å². The third kappa shape index (κ3) is 6.27. The average molecular weight is 476 g/mol. The molecule has 1 aromatic heterocycles. The number of anilines is 2. The Morgan fingerprint density at radius 2 is 1.88 bits per heavy atom. The number of primary amides is 1. The second-order valence-corrected chi connectivity index (χ2v) is 8.30. The Balaban J connectivity index is 1.85. The molecular weight excluding hydrogens is 450 g/mol. The number of nitrogens with zero attached hydrogens (tertiary/aromatic N) is 4. The SMILES string of the molecule is COc1ccc(Cl)cc1NC(=S)/N=C(/Nc1nc(C)cc(C)n1)N1CCC(C(N)=O)CC1. The maximum atomic E-state index is 11.6. The van der Waals surface area contributed by atoms with Crippen molar-refractivity contribution >= 4 is 52.4 Å². The molecule has 1 saturated heterocycles. The third-order valence-electron chi connectivity index (χ3n) is 5.01. The number of piperidine rings is 1. The fraction of sp³-hybridized carbons (Fsp3) is 0.381. The Hall–Kier alpha value is -2.98. The van der Waals surface area contributed by atoms with E-state index in [1.807, 2.05) is 24.8 Å². The number of guanidine groups is 1. The first-order valence-electron chi connectivity index (χ1n) is 10.1. The van der Waals surface area contributed by atoms with Crippen LogP contribution in [-0.2, 0) is 4.79 Å². The lowest BCUT2D eigenvalue weighted by atomic mass is 9.96. The summed E-state index contributed by atoms with van der Waals surface area (Å²) in [5.74, 6) is 1.06. The highest BCUT2D eigenvalue weighted by Gasteiger charge is 2.26. The van der Waals surface area contributed by atoms with E-state index in [1.54, 1.807) is 25.3 Å². The normalized spacial score (nSPS) is 14.8. The Morgan fingerprint density at radius 3 is 2.47 bits per heavy atom. The number of aryl methyl sites for hydroxylation is 2. The number of carbonyl (C=O) groups excluding carboxylic acids is 1. The van der Waals surface area contributed by atoms with Gasteiger partial charge in [-0.3, -0.25) is 10.1 Å². The summed E-state index contributed by atoms with van der Waals surface area (Å²) >= 11 is 11.6. The number of ether oxygens (including phenoxy) is 1. The molecule has 0 bridgehead atoms. The monoisotopic (exact) mass is 475 g/mol. The number of nitrogens with two attached hydrogens (primary N) is 1. The molecule has 1 fully saturated rings. The quantitative estimate of drug-likeness (QED) is 0.350. The van der Waals surface area contributed by atoms with Crippen LogP contribution in [0.15, 0.2) is 29.3 Å². The van der Waals surface area contributed by atoms with Gasteiger partial charge in [0.05, 0.1) is 12.8 Å². The van der Waals surface area contributed by atoms with E-state index in [1.165, 1.54) is 0 Å². The van der Waals surface area contributed by atoms with Gasteiger partial charge in [0.15, 0.2) is 0 Å². The van der Waals surface area contributed by atoms with Gasteiger partial charge in [-0.25, -0.2) is 9.97 Å². The van der Waals surface area contributed by atoms with E-state index in [-0.39, 0.29) is 16.9 Å². The zero-order valence-electron chi connectivity index (χ0n) is 18.2. The van der Waals surface area contributed by atoms with Crippen molar-refractivity contribution in [3.05, 3.63) is 40.7 Å². The molecule has 4 N–H and O–H groups in total. The number of benzene rings is 1. The molecule has 9 nitrogen and oxygen atoms in total. The topological polar surface area (TPSA) is 118 Å². The summed E-state index contributed by atoms with van der Waals surface area (Å²) < 4.78 is 5.36. The summed E-state index contributed by atoms with van der Waals surface area (Å²) in [5.41, 5.74) is 7.73. The number of aliphatic imine (C=N–C) groups is 1. The maximum absolute atomic E-state index is 11.6. The molecule has 1 amide bonds. The molecule has 2 heterocycles. The lowest BCUT2D eigenvalue weighted by Gasteiger charge is -2.32. The van der Waals surface area contributed by atoms with E-state index in [0.717, 1.165) is 11.4 Å². The number of hydrogen-bond donors (Lipinski definition) is 3.